The molecule has 1 fully saturated rings. The summed E-state index contributed by atoms with van der Waals surface area (Å²) in [5.41, 5.74) is 3.62. The minimum absolute atomic E-state index is 0.614. The van der Waals surface area contributed by atoms with Gasteiger partial charge in [0, 0.05) is 40.4 Å². The second kappa shape index (κ2) is 12.4. The van der Waals surface area contributed by atoms with Gasteiger partial charge in [-0.05, 0) is 41.9 Å². The first-order chi connectivity index (χ1) is 14.7. The van der Waals surface area contributed by atoms with Crippen LogP contribution in [0.5, 0.6) is 0 Å². The lowest BCUT2D eigenvalue weighted by Crippen LogP contribution is -2.39. The van der Waals surface area contributed by atoms with E-state index in [9.17, 15) is 0 Å². The van der Waals surface area contributed by atoms with E-state index in [1.807, 2.05) is 25.2 Å². The van der Waals surface area contributed by atoms with E-state index >= 15 is 0 Å². The predicted molar refractivity (Wildman–Crippen MR) is 122 cm³/mol. The average molecular weight is 410 g/mol. The van der Waals surface area contributed by atoms with Gasteiger partial charge in [-0.15, -0.1) is 0 Å². The van der Waals surface area contributed by atoms with Crippen LogP contribution in [-0.2, 0) is 29.2 Å². The molecule has 1 aliphatic heterocycles. The Hall–Kier alpha value is -2.37. The zero-order valence-corrected chi connectivity index (χ0v) is 18.3. The fraction of sp³-hybridized carbons (Fsp3) is 0.480. The first kappa shape index (κ1) is 22.3. The molecule has 2 aromatic rings. The van der Waals surface area contributed by atoms with E-state index in [4.69, 9.17) is 9.47 Å². The van der Waals surface area contributed by atoms with Gasteiger partial charge in [0.25, 0.3) is 0 Å². The first-order valence-corrected chi connectivity index (χ1v) is 10.9. The third-order valence-electron chi connectivity index (χ3n) is 5.61. The van der Waals surface area contributed by atoms with Crippen molar-refractivity contribution in [2.75, 3.05) is 33.9 Å². The number of hydrogen-bond acceptors (Lipinski definition) is 3. The van der Waals surface area contributed by atoms with Crippen LogP contribution < -0.4 is 5.32 Å². The van der Waals surface area contributed by atoms with Crippen LogP contribution in [0.4, 0.5) is 0 Å². The molecule has 0 atom stereocenters. The Morgan fingerprint density at radius 1 is 1.03 bits per heavy atom. The van der Waals surface area contributed by atoms with Gasteiger partial charge in [0.1, 0.15) is 0 Å². The molecule has 2 aromatic carbocycles. The average Bonchev–Trinajstić information content (AvgIpc) is 2.80. The summed E-state index contributed by atoms with van der Waals surface area (Å²) in [4.78, 5) is 6.68. The highest BCUT2D eigenvalue weighted by atomic mass is 16.5. The molecule has 5 heteroatoms. The second-order valence-electron chi connectivity index (χ2n) is 7.97. The molecular weight excluding hydrogens is 374 g/mol. The zero-order chi connectivity index (χ0) is 21.0. The van der Waals surface area contributed by atoms with E-state index in [0.717, 1.165) is 38.2 Å². The van der Waals surface area contributed by atoms with Gasteiger partial charge in [-0.25, -0.2) is 0 Å². The Bertz CT molecular complexity index is 773. The van der Waals surface area contributed by atoms with Crippen molar-refractivity contribution in [1.29, 1.82) is 0 Å². The highest BCUT2D eigenvalue weighted by Crippen LogP contribution is 2.18. The van der Waals surface area contributed by atoms with Crippen LogP contribution in [0, 0.1) is 5.92 Å². The van der Waals surface area contributed by atoms with Crippen LogP contribution in [-0.4, -0.2) is 44.7 Å². The van der Waals surface area contributed by atoms with Crippen LogP contribution in [0.25, 0.3) is 0 Å². The summed E-state index contributed by atoms with van der Waals surface area (Å²) in [5, 5.41) is 3.49. The Balaban J connectivity index is 1.42. The molecular formula is C25H35N3O2. The van der Waals surface area contributed by atoms with E-state index in [0.29, 0.717) is 13.2 Å². The summed E-state index contributed by atoms with van der Waals surface area (Å²) in [6, 6.07) is 18.8. The van der Waals surface area contributed by atoms with Crippen molar-refractivity contribution in [3.63, 3.8) is 0 Å². The molecule has 30 heavy (non-hydrogen) atoms. The Morgan fingerprint density at radius 3 is 2.50 bits per heavy atom. The summed E-state index contributed by atoms with van der Waals surface area (Å²) in [7, 11) is 3.96. The number of nitrogens with one attached hydrogen (secondary N) is 1. The Kier molecular flexibility index (Phi) is 9.19. The van der Waals surface area contributed by atoms with E-state index in [1.54, 1.807) is 0 Å². The summed E-state index contributed by atoms with van der Waals surface area (Å²) < 4.78 is 11.3. The quantitative estimate of drug-likeness (QED) is 0.497. The van der Waals surface area contributed by atoms with Gasteiger partial charge in [-0.3, -0.25) is 4.99 Å². The lowest BCUT2D eigenvalue weighted by Gasteiger charge is -2.27. The Labute approximate surface area is 181 Å². The zero-order valence-electron chi connectivity index (χ0n) is 18.3. The lowest BCUT2D eigenvalue weighted by atomic mass is 9.96. The number of ether oxygens (including phenoxy) is 2. The molecule has 1 N–H and O–H groups in total. The maximum Gasteiger partial charge on any atom is 0.193 e. The Morgan fingerprint density at radius 2 is 1.73 bits per heavy atom. The van der Waals surface area contributed by atoms with Crippen molar-refractivity contribution >= 4 is 5.96 Å². The molecule has 1 saturated heterocycles. The van der Waals surface area contributed by atoms with Crippen molar-refractivity contribution in [2.24, 2.45) is 10.9 Å². The number of guanidine groups is 1. The van der Waals surface area contributed by atoms with Crippen molar-refractivity contribution in [1.82, 2.24) is 10.2 Å². The van der Waals surface area contributed by atoms with Crippen molar-refractivity contribution in [2.45, 2.75) is 39.0 Å². The van der Waals surface area contributed by atoms with E-state index in [1.165, 1.54) is 36.0 Å². The molecule has 5 nitrogen and oxygen atoms in total. The van der Waals surface area contributed by atoms with Crippen LogP contribution in [0.3, 0.4) is 0 Å². The minimum Gasteiger partial charge on any atom is -0.381 e. The number of rotatable bonds is 9. The first-order valence-electron chi connectivity index (χ1n) is 10.9. The molecule has 0 spiro atoms. The number of nitrogens with zero attached hydrogens (tertiary/aromatic N) is 2. The fourth-order valence-electron chi connectivity index (χ4n) is 3.77. The molecule has 0 radical (unpaired) electrons. The number of hydrogen-bond donors (Lipinski definition) is 1. The van der Waals surface area contributed by atoms with Gasteiger partial charge in [-0.2, -0.15) is 0 Å². The van der Waals surface area contributed by atoms with Crippen molar-refractivity contribution in [3.05, 3.63) is 71.3 Å². The highest BCUT2D eigenvalue weighted by molar-refractivity contribution is 5.79. The van der Waals surface area contributed by atoms with E-state index < -0.39 is 0 Å². The smallest absolute Gasteiger partial charge is 0.193 e. The molecule has 0 aromatic heterocycles. The summed E-state index contributed by atoms with van der Waals surface area (Å²) in [6.07, 6.45) is 3.55. The van der Waals surface area contributed by atoms with Gasteiger partial charge >= 0.3 is 0 Å². The maximum atomic E-state index is 5.87. The van der Waals surface area contributed by atoms with Crippen LogP contribution >= 0.6 is 0 Å². The van der Waals surface area contributed by atoms with Crippen LogP contribution in [0.2, 0.25) is 0 Å². The monoisotopic (exact) mass is 409 g/mol. The highest BCUT2D eigenvalue weighted by Gasteiger charge is 2.15. The second-order valence-corrected chi connectivity index (χ2v) is 7.97. The van der Waals surface area contributed by atoms with Gasteiger partial charge < -0.3 is 19.7 Å². The SMILES string of the molecule is CN=C(NCc1cccc(COCc2ccccc2)c1)N(C)CCC1CCOCC1. The van der Waals surface area contributed by atoms with Crippen LogP contribution in [0.1, 0.15) is 36.0 Å². The largest absolute Gasteiger partial charge is 0.381 e. The van der Waals surface area contributed by atoms with E-state index in [2.05, 4.69) is 58.7 Å². The molecule has 162 valence electrons. The molecule has 0 bridgehead atoms. The molecule has 0 aliphatic carbocycles. The van der Waals surface area contributed by atoms with Gasteiger partial charge in [0.15, 0.2) is 5.96 Å². The number of benzene rings is 2. The molecule has 3 rings (SSSR count). The summed E-state index contributed by atoms with van der Waals surface area (Å²) in [5.74, 6) is 1.71. The normalized spacial score (nSPS) is 15.2. The van der Waals surface area contributed by atoms with Crippen molar-refractivity contribution < 1.29 is 9.47 Å². The predicted octanol–water partition coefficient (Wildman–Crippen LogP) is 4.23. The van der Waals surface area contributed by atoms with Gasteiger partial charge in [0.2, 0.25) is 0 Å². The van der Waals surface area contributed by atoms with Crippen molar-refractivity contribution in [3.8, 4) is 0 Å². The van der Waals surface area contributed by atoms with Gasteiger partial charge in [0.05, 0.1) is 13.2 Å². The molecule has 0 unspecified atom stereocenters. The molecule has 1 aliphatic rings. The minimum atomic E-state index is 0.614. The molecule has 1 heterocycles. The maximum absolute atomic E-state index is 5.87. The topological polar surface area (TPSA) is 46.1 Å². The van der Waals surface area contributed by atoms with Gasteiger partial charge in [-0.1, -0.05) is 54.6 Å². The number of aliphatic imine (C=N–C) groups is 1. The molecule has 0 saturated carbocycles. The summed E-state index contributed by atoms with van der Waals surface area (Å²) in [6.45, 7) is 4.83. The third-order valence-corrected chi connectivity index (χ3v) is 5.61. The third kappa shape index (κ3) is 7.47. The standard InChI is InChI=1S/C25H35N3O2/c1-26-25(28(2)14-11-21-12-15-29-16-13-21)27-18-23-9-6-10-24(17-23)20-30-19-22-7-4-3-5-8-22/h3-10,17,21H,11-16,18-20H2,1-2H3,(H,26,27). The van der Waals surface area contributed by atoms with E-state index in [-0.39, 0.29) is 0 Å². The lowest BCUT2D eigenvalue weighted by molar-refractivity contribution is 0.0625. The van der Waals surface area contributed by atoms with Crippen LogP contribution in [0.15, 0.2) is 59.6 Å². The fourth-order valence-corrected chi connectivity index (χ4v) is 3.77. The summed E-state index contributed by atoms with van der Waals surface area (Å²) >= 11 is 0. The molecule has 0 amide bonds.